The van der Waals surface area contributed by atoms with Gasteiger partial charge >= 0.3 is 0 Å². The van der Waals surface area contributed by atoms with E-state index in [0.717, 1.165) is 12.0 Å². The van der Waals surface area contributed by atoms with Gasteiger partial charge in [0, 0.05) is 23.9 Å². The largest absolute Gasteiger partial charge is 0.271 e. The van der Waals surface area contributed by atoms with Crippen molar-refractivity contribution in [3.8, 4) is 0 Å². The van der Waals surface area contributed by atoms with Crippen molar-refractivity contribution < 1.29 is 8.78 Å². The Labute approximate surface area is 117 Å². The molecule has 0 heterocycles. The van der Waals surface area contributed by atoms with Gasteiger partial charge in [-0.3, -0.25) is 11.3 Å². The first-order valence-electron chi connectivity index (χ1n) is 6.59. The predicted octanol–water partition coefficient (Wildman–Crippen LogP) is 3.54. The van der Waals surface area contributed by atoms with Crippen LogP contribution < -0.4 is 11.3 Å². The fourth-order valence-electron chi connectivity index (χ4n) is 2.82. The smallest absolute Gasteiger partial charge is 0.248 e. The molecule has 2 rings (SSSR count). The van der Waals surface area contributed by atoms with Gasteiger partial charge in [-0.15, -0.1) is 0 Å². The van der Waals surface area contributed by atoms with Crippen LogP contribution in [0.25, 0.3) is 0 Å². The monoisotopic (exact) mass is 288 g/mol. The predicted molar refractivity (Wildman–Crippen MR) is 73.2 cm³/mol. The van der Waals surface area contributed by atoms with E-state index in [1.165, 1.54) is 0 Å². The lowest BCUT2D eigenvalue weighted by Gasteiger charge is -2.34. The minimum absolute atomic E-state index is 0.00706. The van der Waals surface area contributed by atoms with Crippen LogP contribution in [0.2, 0.25) is 5.02 Å². The van der Waals surface area contributed by atoms with Crippen molar-refractivity contribution in [3.05, 3.63) is 34.9 Å². The highest BCUT2D eigenvalue weighted by Crippen LogP contribution is 2.38. The van der Waals surface area contributed by atoms with Gasteiger partial charge in [0.2, 0.25) is 5.92 Å². The summed E-state index contributed by atoms with van der Waals surface area (Å²) in [7, 11) is 0. The standard InChI is InChI=1S/C14H19ClF2N2/c15-12-6-2-1-4-10(12)8-13(19-18)11-5-3-7-14(16,17)9-11/h1-2,4,6,11,13,19H,3,5,7-9,18H2. The molecule has 1 aliphatic rings. The molecule has 0 amide bonds. The molecule has 3 N–H and O–H groups in total. The van der Waals surface area contributed by atoms with Gasteiger partial charge in [-0.2, -0.15) is 0 Å². The van der Waals surface area contributed by atoms with E-state index in [4.69, 9.17) is 17.4 Å². The molecule has 0 saturated heterocycles. The molecule has 1 aliphatic carbocycles. The third kappa shape index (κ3) is 3.88. The topological polar surface area (TPSA) is 38.0 Å². The summed E-state index contributed by atoms with van der Waals surface area (Å²) in [5.41, 5.74) is 3.64. The van der Waals surface area contributed by atoms with Gasteiger partial charge in [0.1, 0.15) is 0 Å². The second-order valence-electron chi connectivity index (χ2n) is 5.28. The lowest BCUT2D eigenvalue weighted by molar-refractivity contribution is -0.0581. The molecule has 1 aromatic rings. The number of alkyl halides is 2. The van der Waals surface area contributed by atoms with Crippen LogP contribution in [0.4, 0.5) is 8.78 Å². The van der Waals surface area contributed by atoms with Gasteiger partial charge in [-0.1, -0.05) is 29.8 Å². The Bertz CT molecular complexity index is 426. The summed E-state index contributed by atoms with van der Waals surface area (Å²) in [6, 6.07) is 7.30. The Hall–Kier alpha value is -0.710. The molecule has 19 heavy (non-hydrogen) atoms. The molecule has 2 unspecified atom stereocenters. The third-order valence-corrected chi connectivity index (χ3v) is 4.23. The fraction of sp³-hybridized carbons (Fsp3) is 0.571. The second kappa shape index (κ2) is 6.16. The Kier molecular flexibility index (Phi) is 4.76. The van der Waals surface area contributed by atoms with E-state index in [0.29, 0.717) is 17.9 Å². The second-order valence-corrected chi connectivity index (χ2v) is 5.69. The summed E-state index contributed by atoms with van der Waals surface area (Å²) >= 11 is 6.10. The first-order valence-corrected chi connectivity index (χ1v) is 6.97. The molecule has 0 bridgehead atoms. The molecule has 2 nitrogen and oxygen atoms in total. The van der Waals surface area contributed by atoms with Crippen molar-refractivity contribution in [1.29, 1.82) is 0 Å². The maximum absolute atomic E-state index is 13.5. The molecule has 106 valence electrons. The van der Waals surface area contributed by atoms with E-state index in [2.05, 4.69) is 5.43 Å². The molecule has 2 atom stereocenters. The van der Waals surface area contributed by atoms with Crippen LogP contribution in [0, 0.1) is 5.92 Å². The first kappa shape index (κ1) is 14.7. The maximum Gasteiger partial charge on any atom is 0.248 e. The van der Waals surface area contributed by atoms with Crippen LogP contribution in [-0.2, 0) is 6.42 Å². The van der Waals surface area contributed by atoms with Gasteiger partial charge in [-0.25, -0.2) is 8.78 Å². The zero-order valence-corrected chi connectivity index (χ0v) is 11.5. The van der Waals surface area contributed by atoms with E-state index in [1.54, 1.807) is 6.07 Å². The summed E-state index contributed by atoms with van der Waals surface area (Å²) in [5, 5.41) is 0.658. The number of rotatable bonds is 4. The molecule has 0 aliphatic heterocycles. The third-order valence-electron chi connectivity index (χ3n) is 3.86. The highest BCUT2D eigenvalue weighted by atomic mass is 35.5. The van der Waals surface area contributed by atoms with Crippen LogP contribution in [0.15, 0.2) is 24.3 Å². The van der Waals surface area contributed by atoms with Crippen molar-refractivity contribution >= 4 is 11.6 Å². The quantitative estimate of drug-likeness (QED) is 0.657. The number of hydrazine groups is 1. The Morgan fingerprint density at radius 1 is 1.42 bits per heavy atom. The zero-order chi connectivity index (χ0) is 13.9. The summed E-state index contributed by atoms with van der Waals surface area (Å²) in [6.07, 6.45) is 1.82. The fourth-order valence-corrected chi connectivity index (χ4v) is 3.03. The van der Waals surface area contributed by atoms with E-state index in [1.807, 2.05) is 18.2 Å². The minimum atomic E-state index is -2.56. The van der Waals surface area contributed by atoms with Crippen LogP contribution in [0.3, 0.4) is 0 Å². The van der Waals surface area contributed by atoms with E-state index >= 15 is 0 Å². The number of benzene rings is 1. The van der Waals surface area contributed by atoms with Crippen molar-refractivity contribution in [1.82, 2.24) is 5.43 Å². The molecule has 1 aromatic carbocycles. The van der Waals surface area contributed by atoms with E-state index in [-0.39, 0.29) is 24.8 Å². The van der Waals surface area contributed by atoms with Gasteiger partial charge in [0.25, 0.3) is 0 Å². The van der Waals surface area contributed by atoms with Crippen LogP contribution >= 0.6 is 11.6 Å². The molecular formula is C14H19ClF2N2. The van der Waals surface area contributed by atoms with E-state index in [9.17, 15) is 8.78 Å². The zero-order valence-electron chi connectivity index (χ0n) is 10.7. The average Bonchev–Trinajstić information content (AvgIpc) is 2.36. The SMILES string of the molecule is NNC(Cc1ccccc1Cl)C1CCCC(F)(F)C1. The Balaban J connectivity index is 2.06. The number of hydrogen-bond donors (Lipinski definition) is 2. The molecule has 0 aromatic heterocycles. The normalized spacial score (nSPS) is 24.1. The number of halogens is 3. The molecule has 1 saturated carbocycles. The van der Waals surface area contributed by atoms with Crippen molar-refractivity contribution in [3.63, 3.8) is 0 Å². The molecule has 0 radical (unpaired) electrons. The van der Waals surface area contributed by atoms with Gasteiger partial charge in [0.15, 0.2) is 0 Å². The first-order chi connectivity index (χ1) is 9.02. The number of hydrogen-bond acceptors (Lipinski definition) is 2. The average molecular weight is 289 g/mol. The molecule has 5 heteroatoms. The molecular weight excluding hydrogens is 270 g/mol. The summed E-state index contributed by atoms with van der Waals surface area (Å²) in [4.78, 5) is 0. The summed E-state index contributed by atoms with van der Waals surface area (Å²) < 4.78 is 26.9. The summed E-state index contributed by atoms with van der Waals surface area (Å²) in [6.45, 7) is 0. The van der Waals surface area contributed by atoms with Crippen LogP contribution in [0.5, 0.6) is 0 Å². The Morgan fingerprint density at radius 2 is 2.16 bits per heavy atom. The lowest BCUT2D eigenvalue weighted by Crippen LogP contribution is -2.45. The van der Waals surface area contributed by atoms with Crippen LogP contribution in [0.1, 0.15) is 31.2 Å². The summed E-state index contributed by atoms with van der Waals surface area (Å²) in [5.74, 6) is 2.89. The Morgan fingerprint density at radius 3 is 2.79 bits per heavy atom. The van der Waals surface area contributed by atoms with Crippen molar-refractivity contribution in [2.24, 2.45) is 11.8 Å². The number of nitrogens with two attached hydrogens (primary N) is 1. The van der Waals surface area contributed by atoms with Crippen molar-refractivity contribution in [2.75, 3.05) is 0 Å². The lowest BCUT2D eigenvalue weighted by atomic mass is 9.80. The van der Waals surface area contributed by atoms with E-state index < -0.39 is 5.92 Å². The van der Waals surface area contributed by atoms with Gasteiger partial charge < -0.3 is 0 Å². The van der Waals surface area contributed by atoms with Crippen LogP contribution in [-0.4, -0.2) is 12.0 Å². The number of nitrogens with one attached hydrogen (secondary N) is 1. The molecule has 1 fully saturated rings. The maximum atomic E-state index is 13.5. The minimum Gasteiger partial charge on any atom is -0.271 e. The molecule has 0 spiro atoms. The van der Waals surface area contributed by atoms with Gasteiger partial charge in [-0.05, 0) is 36.8 Å². The highest BCUT2D eigenvalue weighted by Gasteiger charge is 2.39. The van der Waals surface area contributed by atoms with Gasteiger partial charge in [0.05, 0.1) is 0 Å². The highest BCUT2D eigenvalue weighted by molar-refractivity contribution is 6.31. The van der Waals surface area contributed by atoms with Crippen molar-refractivity contribution in [2.45, 2.75) is 44.1 Å².